The summed E-state index contributed by atoms with van der Waals surface area (Å²) < 4.78 is 15.5. The minimum Gasteiger partial charge on any atom is -0.494 e. The number of thiophene rings is 1. The van der Waals surface area contributed by atoms with Crippen molar-refractivity contribution in [1.82, 2.24) is 0 Å². The highest BCUT2D eigenvalue weighted by Crippen LogP contribution is 2.28. The van der Waals surface area contributed by atoms with Gasteiger partial charge in [0.15, 0.2) is 6.61 Å². The molecule has 6 nitrogen and oxygen atoms in total. The van der Waals surface area contributed by atoms with Crippen LogP contribution in [0.3, 0.4) is 0 Å². The third-order valence-electron chi connectivity index (χ3n) is 3.02. The van der Waals surface area contributed by atoms with Crippen molar-refractivity contribution in [2.24, 2.45) is 0 Å². The Morgan fingerprint density at radius 3 is 2.33 bits per heavy atom. The van der Waals surface area contributed by atoms with Crippen molar-refractivity contribution < 1.29 is 23.8 Å². The predicted molar refractivity (Wildman–Crippen MR) is 92.1 cm³/mol. The van der Waals surface area contributed by atoms with Crippen molar-refractivity contribution in [2.45, 2.75) is 13.8 Å². The van der Waals surface area contributed by atoms with Crippen LogP contribution in [0.2, 0.25) is 0 Å². The number of methoxy groups -OCH3 is 1. The van der Waals surface area contributed by atoms with Gasteiger partial charge in [-0.2, -0.15) is 0 Å². The summed E-state index contributed by atoms with van der Waals surface area (Å²) in [5, 5.41) is 3.14. The van der Waals surface area contributed by atoms with E-state index < -0.39 is 5.97 Å². The Hall–Kier alpha value is -2.54. The number of rotatable bonds is 7. The molecule has 1 heterocycles. The van der Waals surface area contributed by atoms with E-state index in [2.05, 4.69) is 5.32 Å². The molecular weight excluding hydrogens is 330 g/mol. The van der Waals surface area contributed by atoms with E-state index in [1.807, 2.05) is 13.8 Å². The number of hydrogen-bond acceptors (Lipinski definition) is 6. The van der Waals surface area contributed by atoms with E-state index in [-0.39, 0.29) is 12.5 Å². The van der Waals surface area contributed by atoms with Gasteiger partial charge in [-0.15, -0.1) is 11.3 Å². The van der Waals surface area contributed by atoms with E-state index >= 15 is 0 Å². The predicted octanol–water partition coefficient (Wildman–Crippen LogP) is 3.26. The maximum atomic E-state index is 12.0. The van der Waals surface area contributed by atoms with E-state index in [4.69, 9.17) is 14.2 Å². The first-order valence-electron chi connectivity index (χ1n) is 7.37. The van der Waals surface area contributed by atoms with Gasteiger partial charge in [0, 0.05) is 4.88 Å². The van der Waals surface area contributed by atoms with Gasteiger partial charge >= 0.3 is 5.97 Å². The zero-order valence-electron chi connectivity index (χ0n) is 13.8. The summed E-state index contributed by atoms with van der Waals surface area (Å²) in [5.41, 5.74) is 0.342. The lowest BCUT2D eigenvalue weighted by molar-refractivity contribution is -0.118. The molecule has 1 amide bonds. The van der Waals surface area contributed by atoms with Crippen LogP contribution in [-0.2, 0) is 9.53 Å². The number of aryl methyl sites for hydroxylation is 1. The summed E-state index contributed by atoms with van der Waals surface area (Å²) in [4.78, 5) is 24.6. The molecule has 0 saturated carbocycles. The van der Waals surface area contributed by atoms with Gasteiger partial charge in [0.25, 0.3) is 5.91 Å². The number of benzene rings is 1. The molecule has 0 saturated heterocycles. The molecule has 0 aliphatic heterocycles. The summed E-state index contributed by atoms with van der Waals surface area (Å²) in [6, 6.07) is 8.68. The molecule has 24 heavy (non-hydrogen) atoms. The summed E-state index contributed by atoms with van der Waals surface area (Å²) in [7, 11) is 1.30. The van der Waals surface area contributed by atoms with Crippen LogP contribution in [0.4, 0.5) is 5.00 Å². The molecule has 0 atom stereocenters. The topological polar surface area (TPSA) is 73.9 Å². The molecule has 1 N–H and O–H groups in total. The SMILES string of the molecule is CCOc1ccc(OCC(=O)Nc2sc(C)cc2C(=O)OC)cc1. The smallest absolute Gasteiger partial charge is 0.340 e. The Labute approximate surface area is 144 Å². The highest BCUT2D eigenvalue weighted by Gasteiger charge is 2.17. The van der Waals surface area contributed by atoms with Crippen LogP contribution in [0.1, 0.15) is 22.2 Å². The van der Waals surface area contributed by atoms with Crippen LogP contribution in [0, 0.1) is 6.92 Å². The Balaban J connectivity index is 1.93. The minimum absolute atomic E-state index is 0.161. The first kappa shape index (κ1) is 17.8. The average molecular weight is 349 g/mol. The second-order valence-electron chi connectivity index (χ2n) is 4.83. The molecule has 0 spiro atoms. The summed E-state index contributed by atoms with van der Waals surface area (Å²) in [6.07, 6.45) is 0. The number of amides is 1. The molecule has 0 aliphatic rings. The summed E-state index contributed by atoms with van der Waals surface area (Å²) >= 11 is 1.31. The van der Waals surface area contributed by atoms with Crippen molar-refractivity contribution in [1.29, 1.82) is 0 Å². The Bertz CT molecular complexity index is 708. The maximum absolute atomic E-state index is 12.0. The number of carbonyl (C=O) groups excluding carboxylic acids is 2. The van der Waals surface area contributed by atoms with Gasteiger partial charge < -0.3 is 19.5 Å². The highest BCUT2D eigenvalue weighted by molar-refractivity contribution is 7.16. The molecular formula is C17H19NO5S. The molecule has 1 aromatic carbocycles. The Morgan fingerprint density at radius 1 is 1.12 bits per heavy atom. The Kier molecular flexibility index (Phi) is 6.20. The largest absolute Gasteiger partial charge is 0.494 e. The molecule has 0 unspecified atom stereocenters. The number of anilines is 1. The van der Waals surface area contributed by atoms with E-state index in [0.717, 1.165) is 10.6 Å². The van der Waals surface area contributed by atoms with Gasteiger partial charge in [0.2, 0.25) is 0 Å². The van der Waals surface area contributed by atoms with Crippen LogP contribution in [-0.4, -0.2) is 32.2 Å². The van der Waals surface area contributed by atoms with Crippen LogP contribution in [0.25, 0.3) is 0 Å². The molecule has 7 heteroatoms. The molecule has 1 aromatic heterocycles. The van der Waals surface area contributed by atoms with Crippen LogP contribution in [0.5, 0.6) is 11.5 Å². The maximum Gasteiger partial charge on any atom is 0.340 e. The van der Waals surface area contributed by atoms with Crippen molar-refractivity contribution in [3.8, 4) is 11.5 Å². The van der Waals surface area contributed by atoms with Crippen molar-refractivity contribution in [2.75, 3.05) is 25.6 Å². The molecule has 0 radical (unpaired) electrons. The second-order valence-corrected chi connectivity index (χ2v) is 6.09. The summed E-state index contributed by atoms with van der Waals surface area (Å²) in [5.74, 6) is 0.466. The lowest BCUT2D eigenvalue weighted by Gasteiger charge is -2.08. The lowest BCUT2D eigenvalue weighted by atomic mass is 10.3. The lowest BCUT2D eigenvalue weighted by Crippen LogP contribution is -2.20. The summed E-state index contributed by atoms with van der Waals surface area (Å²) in [6.45, 7) is 4.18. The van der Waals surface area contributed by atoms with Gasteiger partial charge in [-0.1, -0.05) is 0 Å². The number of hydrogen-bond donors (Lipinski definition) is 1. The average Bonchev–Trinajstić information content (AvgIpc) is 2.94. The molecule has 0 fully saturated rings. The van der Waals surface area contributed by atoms with Gasteiger partial charge in [-0.05, 0) is 44.2 Å². The van der Waals surface area contributed by atoms with Gasteiger partial charge in [0.1, 0.15) is 16.5 Å². The van der Waals surface area contributed by atoms with E-state index in [0.29, 0.717) is 22.9 Å². The van der Waals surface area contributed by atoms with Gasteiger partial charge in [0.05, 0.1) is 19.3 Å². The fourth-order valence-electron chi connectivity index (χ4n) is 1.98. The third-order valence-corrected chi connectivity index (χ3v) is 3.98. The number of nitrogens with one attached hydrogen (secondary N) is 1. The molecule has 2 aromatic rings. The van der Waals surface area contributed by atoms with Crippen molar-refractivity contribution in [3.05, 3.63) is 40.8 Å². The number of esters is 1. The zero-order chi connectivity index (χ0) is 17.5. The van der Waals surface area contributed by atoms with E-state index in [1.165, 1.54) is 18.4 Å². The third kappa shape index (κ3) is 4.73. The molecule has 0 aliphatic carbocycles. The minimum atomic E-state index is -0.484. The van der Waals surface area contributed by atoms with Gasteiger partial charge in [-0.3, -0.25) is 4.79 Å². The zero-order valence-corrected chi connectivity index (χ0v) is 14.6. The van der Waals surface area contributed by atoms with Gasteiger partial charge in [-0.25, -0.2) is 4.79 Å². The molecule has 128 valence electrons. The van der Waals surface area contributed by atoms with E-state index in [9.17, 15) is 9.59 Å². The fourth-order valence-corrected chi connectivity index (χ4v) is 2.89. The number of carbonyl (C=O) groups is 2. The standard InChI is InChI=1S/C17H19NO5S/c1-4-22-12-5-7-13(8-6-12)23-10-15(19)18-16-14(17(20)21-3)9-11(2)24-16/h5-9H,4,10H2,1-3H3,(H,18,19). The number of ether oxygens (including phenoxy) is 3. The molecule has 0 bridgehead atoms. The highest BCUT2D eigenvalue weighted by atomic mass is 32.1. The normalized spacial score (nSPS) is 10.1. The quantitative estimate of drug-likeness (QED) is 0.777. The van der Waals surface area contributed by atoms with Crippen LogP contribution in [0.15, 0.2) is 30.3 Å². The van der Waals surface area contributed by atoms with Crippen LogP contribution >= 0.6 is 11.3 Å². The first-order chi connectivity index (χ1) is 11.5. The second kappa shape index (κ2) is 8.35. The van der Waals surface area contributed by atoms with Crippen molar-refractivity contribution >= 4 is 28.2 Å². The first-order valence-corrected chi connectivity index (χ1v) is 8.19. The molecule has 2 rings (SSSR count). The van der Waals surface area contributed by atoms with Crippen LogP contribution < -0.4 is 14.8 Å². The Morgan fingerprint density at radius 2 is 1.75 bits per heavy atom. The monoisotopic (exact) mass is 349 g/mol. The van der Waals surface area contributed by atoms with Crippen molar-refractivity contribution in [3.63, 3.8) is 0 Å². The fraction of sp³-hybridized carbons (Fsp3) is 0.294. The van der Waals surface area contributed by atoms with E-state index in [1.54, 1.807) is 30.3 Å².